The van der Waals surface area contributed by atoms with Crippen LogP contribution >= 0.6 is 34.4 Å². The first-order valence-electron chi connectivity index (χ1n) is 23.4. The zero-order valence-electron chi connectivity index (χ0n) is 37.0. The molecule has 4 aromatic heterocycles. The molecule has 0 amide bonds. The molecule has 4 nitrogen and oxygen atoms in total. The zero-order chi connectivity index (χ0) is 45.2. The number of hydrogen-bond acceptors (Lipinski definition) is 6. The Bertz CT molecular complexity index is 4140. The van der Waals surface area contributed by atoms with E-state index < -0.39 is 0 Å². The van der Waals surface area contributed by atoms with E-state index in [-0.39, 0.29) is 11.3 Å². The zero-order valence-corrected chi connectivity index (χ0v) is 39.4. The summed E-state index contributed by atoms with van der Waals surface area (Å²) >= 11 is 5.73. The lowest BCUT2D eigenvalue weighted by Crippen LogP contribution is -2.22. The highest BCUT2D eigenvalue weighted by Crippen LogP contribution is 2.64. The van der Waals surface area contributed by atoms with Gasteiger partial charge in [-0.05, 0) is 112 Å². The van der Waals surface area contributed by atoms with Crippen molar-refractivity contribution in [2.75, 3.05) is 4.90 Å². The Labute approximate surface area is 410 Å². The van der Waals surface area contributed by atoms with Gasteiger partial charge >= 0.3 is 0 Å². The van der Waals surface area contributed by atoms with Gasteiger partial charge in [-0.25, -0.2) is 9.97 Å². The molecule has 2 unspecified atom stereocenters. The van der Waals surface area contributed by atoms with Crippen LogP contribution in [0.15, 0.2) is 223 Å². The van der Waals surface area contributed by atoms with Crippen LogP contribution in [0.5, 0.6) is 0 Å². The summed E-state index contributed by atoms with van der Waals surface area (Å²) in [5.74, 6) is 0.720. The van der Waals surface area contributed by atoms with E-state index in [1.165, 1.54) is 95.3 Å². The van der Waals surface area contributed by atoms with E-state index >= 15 is 0 Å². The van der Waals surface area contributed by atoms with Crippen molar-refractivity contribution in [2.45, 2.75) is 16.2 Å². The third-order valence-corrected chi connectivity index (χ3v) is 17.9. The topological polar surface area (TPSA) is 34.0 Å². The summed E-state index contributed by atoms with van der Waals surface area (Å²) in [5, 5.41) is 5.36. The summed E-state index contributed by atoms with van der Waals surface area (Å²) in [5.41, 5.74) is 16.4. The number of fused-ring (bicyclic) bond motifs is 13. The normalized spacial score (nSPS) is 15.2. The molecule has 69 heavy (non-hydrogen) atoms. The van der Waals surface area contributed by atoms with Crippen LogP contribution in [0.25, 0.3) is 102 Å². The average molecular weight is 935 g/mol. The standard InChI is InChI=1S/C62H38N4S3/c1-4-14-37(15-5-1)50-36-51(38-16-6-2-7-17-38)64-62(63-50)66-53-29-25-40(35-49(53)61-59(66)45-21-11-13-23-55(45)69-61)42-27-31-57-47(33-42)46-32-41(26-30-56(46)67-57)39-24-28-52-48(34-39)60-58(44-20-10-12-22-54(44)68-60)65(52)43-18-8-3-9-19-43/h1-36,59,61H. The van der Waals surface area contributed by atoms with E-state index in [0.717, 1.165) is 34.2 Å². The van der Waals surface area contributed by atoms with Crippen LogP contribution in [0.1, 0.15) is 22.4 Å². The molecule has 0 spiro atoms. The second kappa shape index (κ2) is 15.4. The number of nitrogens with zero attached hydrogens (tertiary/aromatic N) is 4. The quantitative estimate of drug-likeness (QED) is 0.166. The minimum absolute atomic E-state index is 0.0545. The highest BCUT2D eigenvalue weighted by atomic mass is 32.2. The van der Waals surface area contributed by atoms with Crippen molar-refractivity contribution in [3.63, 3.8) is 0 Å². The first-order chi connectivity index (χ1) is 34.2. The van der Waals surface area contributed by atoms with Gasteiger partial charge in [-0.1, -0.05) is 140 Å². The fourth-order valence-corrected chi connectivity index (χ4v) is 14.7. The monoisotopic (exact) mass is 934 g/mol. The Morgan fingerprint density at radius 1 is 0.406 bits per heavy atom. The summed E-state index contributed by atoms with van der Waals surface area (Å²) in [6.07, 6.45) is 0. The predicted octanol–water partition coefficient (Wildman–Crippen LogP) is 17.9. The minimum atomic E-state index is 0.0545. The van der Waals surface area contributed by atoms with Gasteiger partial charge in [0.2, 0.25) is 5.95 Å². The molecule has 2 aliphatic rings. The molecule has 2 aliphatic heterocycles. The average Bonchev–Trinajstić information content (AvgIpc) is 4.23. The fourth-order valence-electron chi connectivity index (χ4n) is 11.0. The second-order valence-corrected chi connectivity index (χ2v) is 21.4. The van der Waals surface area contributed by atoms with Crippen LogP contribution in [-0.2, 0) is 0 Å². The van der Waals surface area contributed by atoms with Crippen LogP contribution in [0.3, 0.4) is 0 Å². The Morgan fingerprint density at radius 2 is 0.971 bits per heavy atom. The Hall–Kier alpha value is -7.81. The lowest BCUT2D eigenvalue weighted by atomic mass is 9.97. The van der Waals surface area contributed by atoms with Gasteiger partial charge in [-0.3, -0.25) is 0 Å². The van der Waals surface area contributed by atoms with Gasteiger partial charge in [0.05, 0.1) is 38.4 Å². The number of thiophene rings is 2. The first-order valence-corrected chi connectivity index (χ1v) is 25.9. The third kappa shape index (κ3) is 6.14. The van der Waals surface area contributed by atoms with Crippen molar-refractivity contribution in [1.29, 1.82) is 0 Å². The Kier molecular flexibility index (Phi) is 8.73. The Morgan fingerprint density at radius 3 is 1.68 bits per heavy atom. The maximum Gasteiger partial charge on any atom is 0.231 e. The smallest absolute Gasteiger partial charge is 0.231 e. The van der Waals surface area contributed by atoms with Gasteiger partial charge in [-0.15, -0.1) is 34.4 Å². The summed E-state index contributed by atoms with van der Waals surface area (Å²) < 4.78 is 7.69. The highest BCUT2D eigenvalue weighted by Gasteiger charge is 2.47. The predicted molar refractivity (Wildman–Crippen MR) is 293 cm³/mol. The van der Waals surface area contributed by atoms with E-state index in [1.807, 2.05) is 34.4 Å². The number of rotatable bonds is 6. The molecular weight excluding hydrogens is 897 g/mol. The lowest BCUT2D eigenvalue weighted by Gasteiger charge is -2.26. The first kappa shape index (κ1) is 39.2. The molecule has 7 heteroatoms. The molecule has 15 rings (SSSR count). The van der Waals surface area contributed by atoms with Crippen molar-refractivity contribution in [3.8, 4) is 50.5 Å². The molecule has 2 atom stereocenters. The van der Waals surface area contributed by atoms with Crippen LogP contribution < -0.4 is 4.90 Å². The fraction of sp³-hybridized carbons (Fsp3) is 0.0323. The number of thioether (sulfide) groups is 1. The number of anilines is 2. The summed E-state index contributed by atoms with van der Waals surface area (Å²) in [4.78, 5) is 14.5. The van der Waals surface area contributed by atoms with Crippen LogP contribution in [0.4, 0.5) is 11.6 Å². The molecule has 9 aromatic carbocycles. The summed E-state index contributed by atoms with van der Waals surface area (Å²) in [6, 6.07) is 79.8. The third-order valence-electron chi connectivity index (χ3n) is 14.1. The molecule has 0 bridgehead atoms. The lowest BCUT2D eigenvalue weighted by molar-refractivity contribution is 0.720. The molecule has 13 aromatic rings. The second-order valence-electron chi connectivity index (χ2n) is 18.0. The molecule has 6 heterocycles. The van der Waals surface area contributed by atoms with E-state index in [9.17, 15) is 0 Å². The Balaban J connectivity index is 0.844. The molecule has 324 valence electrons. The van der Waals surface area contributed by atoms with Crippen molar-refractivity contribution in [1.82, 2.24) is 14.5 Å². The SMILES string of the molecule is c1ccc(-c2cc(-c3ccccc3)nc(N3c4ccc(-c5ccc6sc7ccc(-c8ccc9c(c8)c8sc%10ccccc%10c8n9-c8ccccc8)cc7c6c5)cc4C4Sc5ccccc5C43)n2)cc1. The summed E-state index contributed by atoms with van der Waals surface area (Å²) in [7, 11) is 0. The van der Waals surface area contributed by atoms with Crippen LogP contribution in [-0.4, -0.2) is 14.5 Å². The maximum absolute atomic E-state index is 5.37. The van der Waals surface area contributed by atoms with E-state index in [1.54, 1.807) is 0 Å². The van der Waals surface area contributed by atoms with Crippen LogP contribution in [0.2, 0.25) is 0 Å². The maximum atomic E-state index is 5.37. The molecule has 0 radical (unpaired) electrons. The minimum Gasteiger partial charge on any atom is -0.308 e. The highest BCUT2D eigenvalue weighted by molar-refractivity contribution is 8.00. The van der Waals surface area contributed by atoms with Crippen LogP contribution in [0, 0.1) is 0 Å². The van der Waals surface area contributed by atoms with Crippen molar-refractivity contribution < 1.29 is 0 Å². The molecule has 0 saturated heterocycles. The van der Waals surface area contributed by atoms with E-state index in [0.29, 0.717) is 0 Å². The largest absolute Gasteiger partial charge is 0.308 e. The molecule has 0 aliphatic carbocycles. The molecule has 0 N–H and O–H groups in total. The van der Waals surface area contributed by atoms with Gasteiger partial charge < -0.3 is 9.47 Å². The summed E-state index contributed by atoms with van der Waals surface area (Å²) in [6.45, 7) is 0. The van der Waals surface area contributed by atoms with Gasteiger partial charge in [0, 0.05) is 63.0 Å². The van der Waals surface area contributed by atoms with E-state index in [4.69, 9.17) is 9.97 Å². The van der Waals surface area contributed by atoms with Crippen molar-refractivity contribution in [2.24, 2.45) is 0 Å². The molecule has 0 fully saturated rings. The molecular formula is C62H38N4S3. The van der Waals surface area contributed by atoms with Gasteiger partial charge in [-0.2, -0.15) is 0 Å². The van der Waals surface area contributed by atoms with Gasteiger partial charge in [0.15, 0.2) is 0 Å². The number of para-hydroxylation sites is 1. The van der Waals surface area contributed by atoms with Gasteiger partial charge in [0.25, 0.3) is 0 Å². The number of benzene rings is 9. The number of hydrogen-bond donors (Lipinski definition) is 0. The van der Waals surface area contributed by atoms with Gasteiger partial charge in [0.1, 0.15) is 0 Å². The molecule has 0 saturated carbocycles. The number of aromatic nitrogens is 3. The van der Waals surface area contributed by atoms with Crippen molar-refractivity contribution >= 4 is 97.4 Å². The van der Waals surface area contributed by atoms with Crippen molar-refractivity contribution in [3.05, 3.63) is 230 Å². The van der Waals surface area contributed by atoms with E-state index in [2.05, 4.69) is 228 Å².